The highest BCUT2D eigenvalue weighted by molar-refractivity contribution is 5.68. The van der Waals surface area contributed by atoms with Crippen LogP contribution >= 0.6 is 0 Å². The first-order chi connectivity index (χ1) is 7.74. The maximum atomic E-state index is 11.4. The van der Waals surface area contributed by atoms with Crippen LogP contribution in [0, 0.1) is 0 Å². The topological polar surface area (TPSA) is 84.9 Å². The van der Waals surface area contributed by atoms with E-state index in [0.717, 1.165) is 0 Å². The molecule has 100 valence electrons. The summed E-state index contributed by atoms with van der Waals surface area (Å²) in [6.45, 7) is 6.97. The Hall–Kier alpha value is -1.30. The van der Waals surface area contributed by atoms with E-state index in [0.29, 0.717) is 6.42 Å². The number of ether oxygens (including phenoxy) is 2. The van der Waals surface area contributed by atoms with Gasteiger partial charge in [-0.05, 0) is 27.2 Å². The van der Waals surface area contributed by atoms with E-state index < -0.39 is 17.7 Å². The maximum Gasteiger partial charge on any atom is 0.407 e. The number of carbonyl (C=O) groups is 2. The largest absolute Gasteiger partial charge is 0.480 e. The van der Waals surface area contributed by atoms with Crippen LogP contribution in [0.1, 0.15) is 34.1 Å². The van der Waals surface area contributed by atoms with Crippen LogP contribution in [0.5, 0.6) is 0 Å². The molecule has 0 aromatic carbocycles. The number of alkyl carbamates (subject to hydrolysis) is 1. The fraction of sp³-hybridized carbons (Fsp3) is 0.818. The van der Waals surface area contributed by atoms with Crippen LogP contribution in [0.25, 0.3) is 0 Å². The predicted octanol–water partition coefficient (Wildman–Crippen LogP) is 1.39. The van der Waals surface area contributed by atoms with Crippen molar-refractivity contribution in [1.29, 1.82) is 0 Å². The van der Waals surface area contributed by atoms with Gasteiger partial charge in [-0.3, -0.25) is 0 Å². The molecule has 0 aliphatic carbocycles. The van der Waals surface area contributed by atoms with Gasteiger partial charge in [-0.15, -0.1) is 0 Å². The summed E-state index contributed by atoms with van der Waals surface area (Å²) in [5, 5.41) is 11.0. The minimum absolute atomic E-state index is 0.155. The molecule has 1 atom stereocenters. The van der Waals surface area contributed by atoms with Gasteiger partial charge in [0.1, 0.15) is 12.2 Å². The molecule has 0 spiro atoms. The lowest BCUT2D eigenvalue weighted by Gasteiger charge is -2.22. The lowest BCUT2D eigenvalue weighted by atomic mass is 10.2. The van der Waals surface area contributed by atoms with E-state index in [2.05, 4.69) is 5.32 Å². The number of hydrogen-bond donors (Lipinski definition) is 2. The third-order valence-electron chi connectivity index (χ3n) is 1.76. The molecule has 0 bridgehead atoms. The van der Waals surface area contributed by atoms with Crippen molar-refractivity contribution < 1.29 is 24.2 Å². The van der Waals surface area contributed by atoms with Crippen LogP contribution in [-0.2, 0) is 14.3 Å². The summed E-state index contributed by atoms with van der Waals surface area (Å²) in [5.74, 6) is -1.03. The maximum absolute atomic E-state index is 11.4. The Labute approximate surface area is 101 Å². The normalized spacial score (nSPS) is 12.9. The Morgan fingerprint density at radius 1 is 1.35 bits per heavy atom. The van der Waals surface area contributed by atoms with Crippen LogP contribution in [0.4, 0.5) is 4.79 Å². The summed E-state index contributed by atoms with van der Waals surface area (Å²) < 4.78 is 9.98. The Kier molecular flexibility index (Phi) is 6.57. The monoisotopic (exact) mass is 247 g/mol. The smallest absolute Gasteiger partial charge is 0.407 e. The molecule has 0 radical (unpaired) electrons. The number of carboxylic acid groups (broad SMARTS) is 1. The number of nitrogens with one attached hydrogen (secondary N) is 1. The average Bonchev–Trinajstić information content (AvgIpc) is 2.12. The molecule has 17 heavy (non-hydrogen) atoms. The van der Waals surface area contributed by atoms with Gasteiger partial charge in [-0.2, -0.15) is 0 Å². The minimum atomic E-state index is -1.03. The molecule has 0 heterocycles. The van der Waals surface area contributed by atoms with Gasteiger partial charge in [0.25, 0.3) is 0 Å². The summed E-state index contributed by atoms with van der Waals surface area (Å²) in [5.41, 5.74) is -0.551. The highest BCUT2D eigenvalue weighted by Gasteiger charge is 2.18. The Bertz CT molecular complexity index is 259. The van der Waals surface area contributed by atoms with E-state index in [1.807, 2.05) is 6.92 Å². The van der Waals surface area contributed by atoms with Crippen LogP contribution in [0.15, 0.2) is 0 Å². The summed E-state index contributed by atoms with van der Waals surface area (Å²) in [4.78, 5) is 21.7. The molecule has 2 N–H and O–H groups in total. The first-order valence-electron chi connectivity index (χ1n) is 5.53. The average molecular weight is 247 g/mol. The minimum Gasteiger partial charge on any atom is -0.480 e. The molecule has 0 aromatic rings. The van der Waals surface area contributed by atoms with E-state index in [-0.39, 0.29) is 19.3 Å². The second kappa shape index (κ2) is 7.11. The Balaban J connectivity index is 3.95. The van der Waals surface area contributed by atoms with Gasteiger partial charge in [0, 0.05) is 0 Å². The van der Waals surface area contributed by atoms with Crippen LogP contribution in [-0.4, -0.2) is 42.0 Å². The number of carbonyl (C=O) groups excluding carboxylic acids is 1. The molecular weight excluding hydrogens is 226 g/mol. The summed E-state index contributed by atoms with van der Waals surface area (Å²) >= 11 is 0. The molecule has 0 rings (SSSR count). The number of rotatable bonds is 6. The number of amides is 1. The number of aliphatic carboxylic acids is 1. The number of carboxylic acids is 1. The van der Waals surface area contributed by atoms with Gasteiger partial charge in [0.15, 0.2) is 0 Å². The fourth-order valence-electron chi connectivity index (χ4n) is 1.02. The standard InChI is InChI=1S/C11H21NO5/c1-5-8(6-16-7-9(13)14)12-10(15)17-11(2,3)4/h8H,5-7H2,1-4H3,(H,12,15)(H,13,14)/t8-/m1/s1. The number of hydrogen-bond acceptors (Lipinski definition) is 4. The quantitative estimate of drug-likeness (QED) is 0.741. The zero-order valence-electron chi connectivity index (χ0n) is 10.8. The summed E-state index contributed by atoms with van der Waals surface area (Å²) in [6.07, 6.45) is 0.113. The van der Waals surface area contributed by atoms with E-state index >= 15 is 0 Å². The lowest BCUT2D eigenvalue weighted by molar-refractivity contribution is -0.142. The molecule has 6 nitrogen and oxygen atoms in total. The van der Waals surface area contributed by atoms with Crippen molar-refractivity contribution in [2.45, 2.75) is 45.8 Å². The van der Waals surface area contributed by atoms with Crippen molar-refractivity contribution in [2.24, 2.45) is 0 Å². The van der Waals surface area contributed by atoms with E-state index in [9.17, 15) is 9.59 Å². The van der Waals surface area contributed by atoms with Crippen molar-refractivity contribution in [3.63, 3.8) is 0 Å². The fourth-order valence-corrected chi connectivity index (χ4v) is 1.02. The van der Waals surface area contributed by atoms with Gasteiger partial charge in [0.05, 0.1) is 12.6 Å². The van der Waals surface area contributed by atoms with Crippen molar-refractivity contribution in [2.75, 3.05) is 13.2 Å². The van der Waals surface area contributed by atoms with Crippen molar-refractivity contribution in [1.82, 2.24) is 5.32 Å². The summed E-state index contributed by atoms with van der Waals surface area (Å²) in [6, 6.07) is -0.246. The molecule has 0 aromatic heterocycles. The van der Waals surface area contributed by atoms with Gasteiger partial charge in [-0.1, -0.05) is 6.92 Å². The molecule has 0 saturated heterocycles. The third kappa shape index (κ3) is 9.62. The Morgan fingerprint density at radius 2 is 1.94 bits per heavy atom. The van der Waals surface area contributed by atoms with E-state index in [1.165, 1.54) is 0 Å². The van der Waals surface area contributed by atoms with Crippen molar-refractivity contribution >= 4 is 12.1 Å². The highest BCUT2D eigenvalue weighted by Crippen LogP contribution is 2.07. The molecule has 0 unspecified atom stereocenters. The first kappa shape index (κ1) is 15.7. The molecule has 1 amide bonds. The molecular formula is C11H21NO5. The van der Waals surface area contributed by atoms with Crippen LogP contribution in [0.3, 0.4) is 0 Å². The van der Waals surface area contributed by atoms with E-state index in [1.54, 1.807) is 20.8 Å². The molecule has 0 aliphatic heterocycles. The van der Waals surface area contributed by atoms with Gasteiger partial charge >= 0.3 is 12.1 Å². The van der Waals surface area contributed by atoms with Crippen molar-refractivity contribution in [3.8, 4) is 0 Å². The van der Waals surface area contributed by atoms with Crippen molar-refractivity contribution in [3.05, 3.63) is 0 Å². The van der Waals surface area contributed by atoms with E-state index in [4.69, 9.17) is 14.6 Å². The van der Waals surface area contributed by atoms with Gasteiger partial charge in [-0.25, -0.2) is 9.59 Å². The lowest BCUT2D eigenvalue weighted by Crippen LogP contribution is -2.41. The molecule has 0 aliphatic rings. The zero-order chi connectivity index (χ0) is 13.5. The van der Waals surface area contributed by atoms with Crippen LogP contribution < -0.4 is 5.32 Å². The van der Waals surface area contributed by atoms with Gasteiger partial charge in [0.2, 0.25) is 0 Å². The SMILES string of the molecule is CC[C@H](COCC(=O)O)NC(=O)OC(C)(C)C. The molecule has 0 saturated carbocycles. The molecule has 6 heteroatoms. The van der Waals surface area contributed by atoms with Gasteiger partial charge < -0.3 is 19.9 Å². The second-order valence-corrected chi connectivity index (χ2v) is 4.66. The second-order valence-electron chi connectivity index (χ2n) is 4.66. The summed E-state index contributed by atoms with van der Waals surface area (Å²) in [7, 11) is 0. The first-order valence-corrected chi connectivity index (χ1v) is 5.53. The highest BCUT2D eigenvalue weighted by atomic mass is 16.6. The zero-order valence-corrected chi connectivity index (χ0v) is 10.8. The Morgan fingerprint density at radius 3 is 2.35 bits per heavy atom. The predicted molar refractivity (Wildman–Crippen MR) is 61.9 cm³/mol. The van der Waals surface area contributed by atoms with Crippen LogP contribution in [0.2, 0.25) is 0 Å². The third-order valence-corrected chi connectivity index (χ3v) is 1.76. The molecule has 0 fully saturated rings.